The van der Waals surface area contributed by atoms with Crippen molar-refractivity contribution >= 4 is 11.9 Å². The van der Waals surface area contributed by atoms with Gasteiger partial charge in [-0.1, -0.05) is 23.3 Å². The molecule has 7 unspecified atom stereocenters. The minimum atomic E-state index is -1.66. The van der Waals surface area contributed by atoms with Gasteiger partial charge in [0.2, 0.25) is 6.29 Å². The van der Waals surface area contributed by atoms with Crippen LogP contribution in [-0.4, -0.2) is 87.0 Å². The van der Waals surface area contributed by atoms with E-state index in [-0.39, 0.29) is 12.8 Å². The first kappa shape index (κ1) is 24.8. The third kappa shape index (κ3) is 6.84. The SMILES string of the molecule is O=C(CC1=CCC(O)CC1)OCC1OC(OC(=O)CC2=CCC(O)CC2)C(O)C(O)C1O. The Labute approximate surface area is 186 Å². The number of esters is 2. The average Bonchev–Trinajstić information content (AvgIpc) is 2.76. The molecule has 0 radical (unpaired) electrons. The number of ether oxygens (including phenoxy) is 3. The first-order valence-corrected chi connectivity index (χ1v) is 11.0. The molecule has 2 aliphatic carbocycles. The van der Waals surface area contributed by atoms with Crippen LogP contribution in [0, 0.1) is 0 Å². The molecule has 7 atom stereocenters. The topological polar surface area (TPSA) is 163 Å². The zero-order chi connectivity index (χ0) is 23.3. The maximum Gasteiger partial charge on any atom is 0.312 e. The van der Waals surface area contributed by atoms with Gasteiger partial charge in [-0.2, -0.15) is 0 Å². The van der Waals surface area contributed by atoms with Crippen molar-refractivity contribution in [1.82, 2.24) is 0 Å². The van der Waals surface area contributed by atoms with Gasteiger partial charge in [-0.3, -0.25) is 9.59 Å². The van der Waals surface area contributed by atoms with E-state index in [1.165, 1.54) is 0 Å². The Kier molecular flexibility index (Phi) is 8.80. The van der Waals surface area contributed by atoms with Crippen LogP contribution in [0.5, 0.6) is 0 Å². The van der Waals surface area contributed by atoms with Gasteiger partial charge in [0.15, 0.2) is 0 Å². The lowest BCUT2D eigenvalue weighted by molar-refractivity contribution is -0.293. The molecule has 32 heavy (non-hydrogen) atoms. The predicted octanol–water partition coefficient (Wildman–Crippen LogP) is -0.397. The van der Waals surface area contributed by atoms with Crippen LogP contribution >= 0.6 is 0 Å². The summed E-state index contributed by atoms with van der Waals surface area (Å²) < 4.78 is 15.7. The van der Waals surface area contributed by atoms with Crippen molar-refractivity contribution in [2.75, 3.05) is 6.61 Å². The number of carbonyl (C=O) groups is 2. The smallest absolute Gasteiger partial charge is 0.312 e. The van der Waals surface area contributed by atoms with Gasteiger partial charge in [-0.05, 0) is 38.5 Å². The van der Waals surface area contributed by atoms with Crippen molar-refractivity contribution in [3.05, 3.63) is 23.3 Å². The van der Waals surface area contributed by atoms with E-state index in [1.54, 1.807) is 12.2 Å². The molecule has 0 aromatic rings. The van der Waals surface area contributed by atoms with Gasteiger partial charge in [-0.25, -0.2) is 0 Å². The monoisotopic (exact) mass is 456 g/mol. The zero-order valence-corrected chi connectivity index (χ0v) is 17.8. The second-order valence-corrected chi connectivity index (χ2v) is 8.62. The van der Waals surface area contributed by atoms with Gasteiger partial charge < -0.3 is 39.7 Å². The maximum atomic E-state index is 12.2. The third-order valence-corrected chi connectivity index (χ3v) is 6.02. The number of hydrogen-bond acceptors (Lipinski definition) is 10. The minimum absolute atomic E-state index is 0.0403. The molecule has 5 N–H and O–H groups in total. The van der Waals surface area contributed by atoms with Gasteiger partial charge in [0, 0.05) is 0 Å². The van der Waals surface area contributed by atoms with Crippen LogP contribution in [0.25, 0.3) is 0 Å². The number of aliphatic hydroxyl groups is 5. The maximum absolute atomic E-state index is 12.2. The Bertz CT molecular complexity index is 730. The van der Waals surface area contributed by atoms with Crippen LogP contribution in [0.1, 0.15) is 51.4 Å². The van der Waals surface area contributed by atoms with E-state index in [0.29, 0.717) is 38.5 Å². The molecule has 10 heteroatoms. The normalized spacial score (nSPS) is 35.5. The fourth-order valence-electron chi connectivity index (χ4n) is 3.99. The van der Waals surface area contributed by atoms with E-state index in [9.17, 15) is 35.1 Å². The minimum Gasteiger partial charge on any atom is -0.463 e. The molecular formula is C22H32O10. The summed E-state index contributed by atoms with van der Waals surface area (Å²) in [7, 11) is 0. The highest BCUT2D eigenvalue weighted by atomic mass is 16.7. The second-order valence-electron chi connectivity index (χ2n) is 8.62. The summed E-state index contributed by atoms with van der Waals surface area (Å²) in [5, 5.41) is 49.4. The summed E-state index contributed by atoms with van der Waals surface area (Å²) in [5.74, 6) is -1.23. The number of aliphatic hydroxyl groups excluding tert-OH is 5. The molecular weight excluding hydrogens is 424 g/mol. The van der Waals surface area contributed by atoms with Crippen molar-refractivity contribution in [3.8, 4) is 0 Å². The summed E-state index contributed by atoms with van der Waals surface area (Å²) in [6, 6.07) is 0. The van der Waals surface area contributed by atoms with Gasteiger partial charge >= 0.3 is 11.9 Å². The molecule has 10 nitrogen and oxygen atoms in total. The lowest BCUT2D eigenvalue weighted by atomic mass is 9.95. The van der Waals surface area contributed by atoms with Crippen LogP contribution in [0.15, 0.2) is 23.3 Å². The molecule has 3 rings (SSSR count). The molecule has 3 aliphatic rings. The molecule has 0 spiro atoms. The fourth-order valence-corrected chi connectivity index (χ4v) is 3.99. The Morgan fingerprint density at radius 3 is 1.94 bits per heavy atom. The van der Waals surface area contributed by atoms with E-state index in [2.05, 4.69) is 0 Å². The molecule has 0 saturated carbocycles. The van der Waals surface area contributed by atoms with Gasteiger partial charge in [0.05, 0.1) is 25.0 Å². The summed E-state index contributed by atoms with van der Waals surface area (Å²) in [4.78, 5) is 24.3. The molecule has 1 fully saturated rings. The van der Waals surface area contributed by atoms with Crippen molar-refractivity contribution in [2.24, 2.45) is 0 Å². The largest absolute Gasteiger partial charge is 0.463 e. The van der Waals surface area contributed by atoms with Crippen molar-refractivity contribution in [2.45, 2.75) is 94.3 Å². The van der Waals surface area contributed by atoms with Crippen LogP contribution in [0.3, 0.4) is 0 Å². The Balaban J connectivity index is 1.49. The standard InChI is InChI=1S/C22H32O10/c23-14-5-1-12(2-6-14)9-17(25)30-11-16-19(27)20(28)21(29)22(31-16)32-18(26)10-13-3-7-15(24)8-4-13/h1,3,14-16,19-24,27-29H,2,4-11H2. The molecule has 0 aromatic heterocycles. The van der Waals surface area contributed by atoms with E-state index in [1.807, 2.05) is 0 Å². The van der Waals surface area contributed by atoms with Gasteiger partial charge in [0.25, 0.3) is 0 Å². The second kappa shape index (κ2) is 11.4. The number of carbonyl (C=O) groups excluding carboxylic acids is 2. The summed E-state index contributed by atoms with van der Waals surface area (Å²) >= 11 is 0. The van der Waals surface area contributed by atoms with Crippen LogP contribution in [-0.2, 0) is 23.8 Å². The van der Waals surface area contributed by atoms with Crippen molar-refractivity contribution < 1.29 is 49.3 Å². The molecule has 0 bridgehead atoms. The highest BCUT2D eigenvalue weighted by Gasteiger charge is 2.46. The molecule has 0 amide bonds. The van der Waals surface area contributed by atoms with Crippen molar-refractivity contribution in [1.29, 1.82) is 0 Å². The summed E-state index contributed by atoms with van der Waals surface area (Å²) in [6.45, 7) is -0.392. The lowest BCUT2D eigenvalue weighted by Crippen LogP contribution is -2.59. The van der Waals surface area contributed by atoms with Gasteiger partial charge in [0.1, 0.15) is 31.0 Å². The van der Waals surface area contributed by atoms with E-state index in [0.717, 1.165) is 11.1 Å². The third-order valence-electron chi connectivity index (χ3n) is 6.02. The zero-order valence-electron chi connectivity index (χ0n) is 17.8. The highest BCUT2D eigenvalue weighted by molar-refractivity contribution is 5.73. The summed E-state index contributed by atoms with van der Waals surface area (Å²) in [5.41, 5.74) is 1.67. The van der Waals surface area contributed by atoms with E-state index in [4.69, 9.17) is 14.2 Å². The average molecular weight is 456 g/mol. The predicted molar refractivity (Wildman–Crippen MR) is 109 cm³/mol. The first-order chi connectivity index (χ1) is 15.2. The first-order valence-electron chi connectivity index (χ1n) is 11.0. The quantitative estimate of drug-likeness (QED) is 0.252. The van der Waals surface area contributed by atoms with Crippen LogP contribution in [0.4, 0.5) is 0 Å². The summed E-state index contributed by atoms with van der Waals surface area (Å²) in [6.07, 6.45) is -1.58. The van der Waals surface area contributed by atoms with E-state index < -0.39 is 61.5 Å². The lowest BCUT2D eigenvalue weighted by Gasteiger charge is -2.39. The van der Waals surface area contributed by atoms with Crippen LogP contribution in [0.2, 0.25) is 0 Å². The van der Waals surface area contributed by atoms with E-state index >= 15 is 0 Å². The molecule has 1 heterocycles. The number of hydrogen-bond donors (Lipinski definition) is 5. The molecule has 1 saturated heterocycles. The van der Waals surface area contributed by atoms with Crippen LogP contribution < -0.4 is 0 Å². The Hall–Kier alpha value is -1.82. The Morgan fingerprint density at radius 2 is 1.41 bits per heavy atom. The molecule has 0 aromatic carbocycles. The molecule has 1 aliphatic heterocycles. The van der Waals surface area contributed by atoms with Gasteiger partial charge in [-0.15, -0.1) is 0 Å². The molecule has 180 valence electrons. The Morgan fingerprint density at radius 1 is 0.844 bits per heavy atom. The van der Waals surface area contributed by atoms with Crippen molar-refractivity contribution in [3.63, 3.8) is 0 Å². The highest BCUT2D eigenvalue weighted by Crippen LogP contribution is 2.26. The number of rotatable bonds is 7. The fraction of sp³-hybridized carbons (Fsp3) is 0.727.